The molecule has 2 aromatic carbocycles. The van der Waals surface area contributed by atoms with Gasteiger partial charge in [0.05, 0.1) is 11.9 Å². The van der Waals surface area contributed by atoms with Crippen molar-refractivity contribution in [3.8, 4) is 11.3 Å². The van der Waals surface area contributed by atoms with Gasteiger partial charge in [0.15, 0.2) is 0 Å². The Balaban J connectivity index is 1.51. The molecule has 25 heavy (non-hydrogen) atoms. The van der Waals surface area contributed by atoms with Gasteiger partial charge in [-0.25, -0.2) is 9.37 Å². The van der Waals surface area contributed by atoms with Crippen LogP contribution in [0.2, 0.25) is 0 Å². The van der Waals surface area contributed by atoms with Crippen molar-refractivity contribution in [2.24, 2.45) is 12.1 Å². The molecule has 6 heteroatoms. The van der Waals surface area contributed by atoms with Crippen LogP contribution in [0, 0.1) is 5.82 Å². The molecule has 0 saturated heterocycles. The molecule has 4 rings (SSSR count). The van der Waals surface area contributed by atoms with Crippen LogP contribution >= 0.6 is 11.3 Å². The summed E-state index contributed by atoms with van der Waals surface area (Å²) in [5, 5.41) is 8.06. The number of hydrogen-bond acceptors (Lipinski definition) is 4. The fraction of sp³-hybridized carbons (Fsp3) is 0.0526. The van der Waals surface area contributed by atoms with Crippen LogP contribution in [0.4, 0.5) is 9.52 Å². The summed E-state index contributed by atoms with van der Waals surface area (Å²) in [6.45, 7) is 0. The third-order valence-corrected chi connectivity index (χ3v) is 4.68. The summed E-state index contributed by atoms with van der Waals surface area (Å²) in [7, 11) is 2.02. The van der Waals surface area contributed by atoms with Gasteiger partial charge in [-0.15, -0.1) is 11.3 Å². The summed E-state index contributed by atoms with van der Waals surface area (Å²) >= 11 is 1.46. The molecule has 0 radical (unpaired) electrons. The number of halogens is 1. The number of aryl methyl sites for hydroxylation is 1. The number of para-hydroxylation sites is 1. The van der Waals surface area contributed by atoms with E-state index in [1.807, 2.05) is 30.8 Å². The number of aromatic nitrogens is 2. The molecule has 4 aromatic rings. The van der Waals surface area contributed by atoms with E-state index in [4.69, 9.17) is 0 Å². The quantitative estimate of drug-likeness (QED) is 0.421. The number of hydrogen-bond donors (Lipinski definition) is 1. The van der Waals surface area contributed by atoms with Crippen molar-refractivity contribution in [2.45, 2.75) is 0 Å². The normalized spacial score (nSPS) is 11.4. The number of nitrogens with one attached hydrogen (secondary N) is 1. The SMILES string of the molecule is Cn1cc(/C=N\Nc2nc(-c3ccc(F)cc3)cs2)c2ccccc21. The first-order valence-corrected chi connectivity index (χ1v) is 8.63. The fourth-order valence-electron chi connectivity index (χ4n) is 2.71. The molecule has 4 nitrogen and oxygen atoms in total. The average molecular weight is 350 g/mol. The van der Waals surface area contributed by atoms with E-state index in [1.54, 1.807) is 18.3 Å². The van der Waals surface area contributed by atoms with Gasteiger partial charge in [-0.2, -0.15) is 5.10 Å². The summed E-state index contributed by atoms with van der Waals surface area (Å²) in [5.41, 5.74) is 6.85. The number of hydrazone groups is 1. The van der Waals surface area contributed by atoms with Gasteiger partial charge in [0.1, 0.15) is 5.82 Å². The Morgan fingerprint density at radius 1 is 1.16 bits per heavy atom. The summed E-state index contributed by atoms with van der Waals surface area (Å²) in [4.78, 5) is 4.47. The number of benzene rings is 2. The minimum absolute atomic E-state index is 0.253. The Morgan fingerprint density at radius 2 is 1.96 bits per heavy atom. The molecule has 0 amide bonds. The first kappa shape index (κ1) is 15.5. The van der Waals surface area contributed by atoms with Crippen LogP contribution in [0.15, 0.2) is 65.2 Å². The topological polar surface area (TPSA) is 42.2 Å². The highest BCUT2D eigenvalue weighted by atomic mass is 32.1. The molecule has 0 fully saturated rings. The average Bonchev–Trinajstić information content (AvgIpc) is 3.22. The number of thiazole rings is 1. The number of fused-ring (bicyclic) bond motifs is 1. The molecule has 0 saturated carbocycles. The van der Waals surface area contributed by atoms with Crippen LogP contribution in [-0.2, 0) is 7.05 Å². The van der Waals surface area contributed by atoms with Crippen molar-refractivity contribution in [3.63, 3.8) is 0 Å². The lowest BCUT2D eigenvalue weighted by molar-refractivity contribution is 0.628. The van der Waals surface area contributed by atoms with Gasteiger partial charge in [-0.05, 0) is 30.3 Å². The minimum atomic E-state index is -0.253. The standard InChI is InChI=1S/C19H15FN4S/c1-24-11-14(16-4-2-3-5-18(16)24)10-21-23-19-22-17(12-25-19)13-6-8-15(20)9-7-13/h2-12H,1H3,(H,22,23)/b21-10-. The molecule has 0 aliphatic heterocycles. The molecule has 2 heterocycles. The molecular weight excluding hydrogens is 335 g/mol. The van der Waals surface area contributed by atoms with E-state index >= 15 is 0 Å². The predicted molar refractivity (Wildman–Crippen MR) is 102 cm³/mol. The van der Waals surface area contributed by atoms with E-state index in [2.05, 4.69) is 32.2 Å². The molecule has 0 bridgehead atoms. The molecule has 0 unspecified atom stereocenters. The van der Waals surface area contributed by atoms with E-state index in [1.165, 1.54) is 23.5 Å². The Kier molecular flexibility index (Phi) is 4.03. The lowest BCUT2D eigenvalue weighted by Gasteiger charge is -1.96. The van der Waals surface area contributed by atoms with Crippen molar-refractivity contribution >= 4 is 33.6 Å². The summed E-state index contributed by atoms with van der Waals surface area (Å²) < 4.78 is 15.1. The second-order valence-corrected chi connectivity index (χ2v) is 6.49. The Bertz CT molecular complexity index is 1050. The maximum absolute atomic E-state index is 13.0. The van der Waals surface area contributed by atoms with Crippen LogP contribution in [0.25, 0.3) is 22.2 Å². The molecule has 0 aliphatic rings. The van der Waals surface area contributed by atoms with Crippen LogP contribution in [-0.4, -0.2) is 15.8 Å². The van der Waals surface area contributed by atoms with Crippen LogP contribution < -0.4 is 5.43 Å². The third-order valence-electron chi connectivity index (χ3n) is 3.94. The van der Waals surface area contributed by atoms with Gasteiger partial charge >= 0.3 is 0 Å². The largest absolute Gasteiger partial charge is 0.350 e. The smallest absolute Gasteiger partial charge is 0.203 e. The van der Waals surface area contributed by atoms with Crippen molar-refractivity contribution in [3.05, 3.63) is 71.5 Å². The van der Waals surface area contributed by atoms with E-state index in [-0.39, 0.29) is 5.82 Å². The zero-order chi connectivity index (χ0) is 17.2. The third kappa shape index (κ3) is 3.16. The Hall–Kier alpha value is -2.99. The molecule has 0 spiro atoms. The fourth-order valence-corrected chi connectivity index (χ4v) is 3.38. The first-order chi connectivity index (χ1) is 12.2. The summed E-state index contributed by atoms with van der Waals surface area (Å²) in [6.07, 6.45) is 3.84. The number of rotatable bonds is 4. The molecule has 124 valence electrons. The number of anilines is 1. The van der Waals surface area contributed by atoms with E-state index in [0.717, 1.165) is 27.7 Å². The molecule has 0 aliphatic carbocycles. The summed E-state index contributed by atoms with van der Waals surface area (Å²) in [6, 6.07) is 14.5. The molecule has 2 aromatic heterocycles. The molecular formula is C19H15FN4S. The maximum Gasteiger partial charge on any atom is 0.203 e. The molecule has 1 N–H and O–H groups in total. The minimum Gasteiger partial charge on any atom is -0.350 e. The van der Waals surface area contributed by atoms with Gasteiger partial charge in [0.25, 0.3) is 0 Å². The lowest BCUT2D eigenvalue weighted by Crippen LogP contribution is -1.90. The maximum atomic E-state index is 13.0. The Morgan fingerprint density at radius 3 is 2.80 bits per heavy atom. The highest BCUT2D eigenvalue weighted by molar-refractivity contribution is 7.14. The van der Waals surface area contributed by atoms with E-state index in [0.29, 0.717) is 5.13 Å². The van der Waals surface area contributed by atoms with E-state index < -0.39 is 0 Å². The van der Waals surface area contributed by atoms with Gasteiger partial charge in [0.2, 0.25) is 5.13 Å². The zero-order valence-electron chi connectivity index (χ0n) is 13.5. The number of nitrogens with zero attached hydrogens (tertiary/aromatic N) is 3. The van der Waals surface area contributed by atoms with Gasteiger partial charge < -0.3 is 4.57 Å². The highest BCUT2D eigenvalue weighted by Gasteiger charge is 2.05. The van der Waals surface area contributed by atoms with Gasteiger partial charge in [0, 0.05) is 40.7 Å². The van der Waals surface area contributed by atoms with Crippen LogP contribution in [0.1, 0.15) is 5.56 Å². The van der Waals surface area contributed by atoms with Crippen LogP contribution in [0.5, 0.6) is 0 Å². The predicted octanol–water partition coefficient (Wildman–Crippen LogP) is 4.89. The second kappa shape index (κ2) is 6.49. The van der Waals surface area contributed by atoms with Crippen molar-refractivity contribution in [2.75, 3.05) is 5.43 Å². The summed E-state index contributed by atoms with van der Waals surface area (Å²) in [5.74, 6) is -0.253. The second-order valence-electron chi connectivity index (χ2n) is 5.63. The monoisotopic (exact) mass is 350 g/mol. The highest BCUT2D eigenvalue weighted by Crippen LogP contribution is 2.25. The van der Waals surface area contributed by atoms with E-state index in [9.17, 15) is 4.39 Å². The van der Waals surface area contributed by atoms with Crippen LogP contribution in [0.3, 0.4) is 0 Å². The first-order valence-electron chi connectivity index (χ1n) is 7.75. The van der Waals surface area contributed by atoms with Crippen molar-refractivity contribution in [1.82, 2.24) is 9.55 Å². The Labute approximate surface area is 148 Å². The van der Waals surface area contributed by atoms with Gasteiger partial charge in [-0.3, -0.25) is 5.43 Å². The van der Waals surface area contributed by atoms with Crippen molar-refractivity contribution < 1.29 is 4.39 Å². The zero-order valence-corrected chi connectivity index (χ0v) is 14.3. The molecule has 0 atom stereocenters. The van der Waals surface area contributed by atoms with Crippen molar-refractivity contribution in [1.29, 1.82) is 0 Å². The van der Waals surface area contributed by atoms with Gasteiger partial charge in [-0.1, -0.05) is 18.2 Å². The lowest BCUT2D eigenvalue weighted by atomic mass is 10.2.